The number of Topliss-reactive ketones (excluding diaryl/α,β-unsaturated/α-hetero) is 1. The van der Waals surface area contributed by atoms with Crippen molar-refractivity contribution in [1.29, 1.82) is 0 Å². The van der Waals surface area contributed by atoms with E-state index >= 15 is 0 Å². The standard InChI is InChI=1S/C15H14O/c1-10(16)14-9-15(14)13-7-6-11-4-2-3-5-12(11)8-13/h2-8,14-15H,9H2,1H3. The van der Waals surface area contributed by atoms with Crippen LogP contribution in [0.4, 0.5) is 0 Å². The van der Waals surface area contributed by atoms with Gasteiger partial charge in [-0.05, 0) is 35.6 Å². The van der Waals surface area contributed by atoms with Gasteiger partial charge >= 0.3 is 0 Å². The van der Waals surface area contributed by atoms with Crippen LogP contribution < -0.4 is 0 Å². The fourth-order valence-corrected chi connectivity index (χ4v) is 2.45. The molecule has 16 heavy (non-hydrogen) atoms. The highest BCUT2D eigenvalue weighted by molar-refractivity contribution is 5.85. The Morgan fingerprint density at radius 2 is 1.88 bits per heavy atom. The second-order valence-electron chi connectivity index (χ2n) is 4.67. The third kappa shape index (κ3) is 1.53. The van der Waals surface area contributed by atoms with Crippen LogP contribution in [0, 0.1) is 5.92 Å². The maximum absolute atomic E-state index is 11.3. The van der Waals surface area contributed by atoms with E-state index in [1.807, 2.05) is 0 Å². The summed E-state index contributed by atoms with van der Waals surface area (Å²) in [6.45, 7) is 1.70. The Balaban J connectivity index is 1.98. The van der Waals surface area contributed by atoms with Gasteiger partial charge in [-0.3, -0.25) is 4.79 Å². The molecule has 2 aromatic carbocycles. The van der Waals surface area contributed by atoms with E-state index < -0.39 is 0 Å². The van der Waals surface area contributed by atoms with Crippen molar-refractivity contribution in [2.75, 3.05) is 0 Å². The number of benzene rings is 2. The zero-order chi connectivity index (χ0) is 11.1. The topological polar surface area (TPSA) is 17.1 Å². The molecular weight excluding hydrogens is 196 g/mol. The normalized spacial score (nSPS) is 23.3. The molecule has 1 saturated carbocycles. The summed E-state index contributed by atoms with van der Waals surface area (Å²) in [6, 6.07) is 14.9. The van der Waals surface area contributed by atoms with Gasteiger partial charge in [-0.2, -0.15) is 0 Å². The molecule has 0 spiro atoms. The van der Waals surface area contributed by atoms with Gasteiger partial charge in [-0.15, -0.1) is 0 Å². The van der Waals surface area contributed by atoms with E-state index in [-0.39, 0.29) is 5.92 Å². The van der Waals surface area contributed by atoms with E-state index in [4.69, 9.17) is 0 Å². The largest absolute Gasteiger partial charge is 0.300 e. The lowest BCUT2D eigenvalue weighted by Gasteiger charge is -2.02. The molecule has 1 heteroatoms. The first-order chi connectivity index (χ1) is 7.75. The molecule has 3 rings (SSSR count). The molecule has 1 fully saturated rings. The Bertz CT molecular complexity index is 556. The van der Waals surface area contributed by atoms with Gasteiger partial charge in [0.15, 0.2) is 0 Å². The molecular formula is C15H14O. The lowest BCUT2D eigenvalue weighted by atomic mass is 10.0. The number of carbonyl (C=O) groups is 1. The Kier molecular flexibility index (Phi) is 2.06. The summed E-state index contributed by atoms with van der Waals surface area (Å²) in [6.07, 6.45) is 1.04. The molecule has 0 bridgehead atoms. The molecule has 2 aromatic rings. The van der Waals surface area contributed by atoms with E-state index in [0.717, 1.165) is 6.42 Å². The third-order valence-electron chi connectivity index (χ3n) is 3.51. The minimum absolute atomic E-state index is 0.279. The fourth-order valence-electron chi connectivity index (χ4n) is 2.45. The van der Waals surface area contributed by atoms with Crippen LogP contribution in [0.5, 0.6) is 0 Å². The summed E-state index contributed by atoms with van der Waals surface area (Å²) < 4.78 is 0. The lowest BCUT2D eigenvalue weighted by molar-refractivity contribution is -0.118. The Morgan fingerprint density at radius 3 is 2.56 bits per heavy atom. The number of fused-ring (bicyclic) bond motifs is 1. The van der Waals surface area contributed by atoms with Crippen LogP contribution in [0.15, 0.2) is 42.5 Å². The van der Waals surface area contributed by atoms with Gasteiger partial charge in [0.25, 0.3) is 0 Å². The first kappa shape index (κ1) is 9.59. The van der Waals surface area contributed by atoms with Gasteiger partial charge in [-0.25, -0.2) is 0 Å². The van der Waals surface area contributed by atoms with Crippen molar-refractivity contribution in [1.82, 2.24) is 0 Å². The molecule has 0 radical (unpaired) electrons. The number of rotatable bonds is 2. The third-order valence-corrected chi connectivity index (χ3v) is 3.51. The van der Waals surface area contributed by atoms with Gasteiger partial charge in [0.05, 0.1) is 0 Å². The van der Waals surface area contributed by atoms with Gasteiger partial charge in [0.1, 0.15) is 5.78 Å². The van der Waals surface area contributed by atoms with Crippen molar-refractivity contribution in [3.05, 3.63) is 48.0 Å². The van der Waals surface area contributed by atoms with Gasteiger partial charge < -0.3 is 0 Å². The predicted molar refractivity (Wildman–Crippen MR) is 65.5 cm³/mol. The summed E-state index contributed by atoms with van der Waals surface area (Å²) >= 11 is 0. The minimum Gasteiger partial charge on any atom is -0.300 e. The van der Waals surface area contributed by atoms with Crippen molar-refractivity contribution in [3.8, 4) is 0 Å². The van der Waals surface area contributed by atoms with Gasteiger partial charge in [0, 0.05) is 5.92 Å². The van der Waals surface area contributed by atoms with Gasteiger partial charge in [0.2, 0.25) is 0 Å². The number of carbonyl (C=O) groups excluding carboxylic acids is 1. The van der Waals surface area contributed by atoms with Crippen molar-refractivity contribution in [2.45, 2.75) is 19.3 Å². The van der Waals surface area contributed by atoms with E-state index in [9.17, 15) is 4.79 Å². The lowest BCUT2D eigenvalue weighted by Crippen LogP contribution is -1.94. The first-order valence-electron chi connectivity index (χ1n) is 5.75. The quantitative estimate of drug-likeness (QED) is 0.741. The van der Waals surface area contributed by atoms with Crippen molar-refractivity contribution >= 4 is 16.6 Å². The molecule has 0 amide bonds. The van der Waals surface area contributed by atoms with Crippen LogP contribution in [0.25, 0.3) is 10.8 Å². The molecule has 0 aromatic heterocycles. The SMILES string of the molecule is CC(=O)C1CC1c1ccc2ccccc2c1. The maximum atomic E-state index is 11.3. The van der Waals surface area contributed by atoms with Crippen LogP contribution in [0.1, 0.15) is 24.8 Å². The minimum atomic E-state index is 0.279. The van der Waals surface area contributed by atoms with E-state index in [0.29, 0.717) is 11.7 Å². The zero-order valence-corrected chi connectivity index (χ0v) is 9.31. The summed E-state index contributed by atoms with van der Waals surface area (Å²) in [4.78, 5) is 11.3. The van der Waals surface area contributed by atoms with Gasteiger partial charge in [-0.1, -0.05) is 42.5 Å². The molecule has 2 unspecified atom stereocenters. The highest BCUT2D eigenvalue weighted by atomic mass is 16.1. The maximum Gasteiger partial charge on any atom is 0.133 e. The first-order valence-corrected chi connectivity index (χ1v) is 5.75. The smallest absolute Gasteiger partial charge is 0.133 e. The van der Waals surface area contributed by atoms with Crippen LogP contribution in [0.2, 0.25) is 0 Å². The molecule has 80 valence electrons. The van der Waals surface area contributed by atoms with Crippen LogP contribution in [-0.4, -0.2) is 5.78 Å². The zero-order valence-electron chi connectivity index (χ0n) is 9.31. The monoisotopic (exact) mass is 210 g/mol. The average molecular weight is 210 g/mol. The van der Waals surface area contributed by atoms with Crippen molar-refractivity contribution < 1.29 is 4.79 Å². The highest BCUT2D eigenvalue weighted by Crippen LogP contribution is 2.48. The molecule has 1 aliphatic rings. The highest BCUT2D eigenvalue weighted by Gasteiger charge is 2.41. The number of ketones is 1. The number of hydrogen-bond acceptors (Lipinski definition) is 1. The Hall–Kier alpha value is -1.63. The van der Waals surface area contributed by atoms with E-state index in [1.165, 1.54) is 16.3 Å². The average Bonchev–Trinajstić information content (AvgIpc) is 3.08. The number of hydrogen-bond donors (Lipinski definition) is 0. The Labute approximate surface area is 95.1 Å². The molecule has 2 atom stereocenters. The molecule has 0 aliphatic heterocycles. The van der Waals surface area contributed by atoms with Crippen LogP contribution in [-0.2, 0) is 4.79 Å². The van der Waals surface area contributed by atoms with Crippen molar-refractivity contribution in [3.63, 3.8) is 0 Å². The molecule has 0 saturated heterocycles. The van der Waals surface area contributed by atoms with Crippen LogP contribution in [0.3, 0.4) is 0 Å². The summed E-state index contributed by atoms with van der Waals surface area (Å²) in [7, 11) is 0. The second-order valence-corrected chi connectivity index (χ2v) is 4.67. The summed E-state index contributed by atoms with van der Waals surface area (Å²) in [5.74, 6) is 1.08. The summed E-state index contributed by atoms with van der Waals surface area (Å²) in [5, 5.41) is 2.54. The van der Waals surface area contributed by atoms with E-state index in [1.54, 1.807) is 6.92 Å². The molecule has 0 heterocycles. The molecule has 0 N–H and O–H groups in total. The fraction of sp³-hybridized carbons (Fsp3) is 0.267. The summed E-state index contributed by atoms with van der Waals surface area (Å²) in [5.41, 5.74) is 1.32. The Morgan fingerprint density at radius 1 is 1.12 bits per heavy atom. The molecule has 1 nitrogen and oxygen atoms in total. The van der Waals surface area contributed by atoms with E-state index in [2.05, 4.69) is 42.5 Å². The predicted octanol–water partition coefficient (Wildman–Crippen LogP) is 3.53. The van der Waals surface area contributed by atoms with Crippen molar-refractivity contribution in [2.24, 2.45) is 5.92 Å². The molecule has 1 aliphatic carbocycles. The second kappa shape index (κ2) is 3.44. The van der Waals surface area contributed by atoms with Crippen LogP contribution >= 0.6 is 0 Å².